The van der Waals surface area contributed by atoms with Gasteiger partial charge >= 0.3 is 5.97 Å². The van der Waals surface area contributed by atoms with E-state index in [-0.39, 0.29) is 30.8 Å². The standard InChI is InChI=1S/C19H18N2O3S.C10H11NO.ClH/c1-12-15-7-2-3-8-16(15)25-19(12)21(11-17(22)23)18(24)14-6-4-5-13(9-14)10-20;11-10(12)9-5-4-7-2-1-3-8(7)6-9;/h2-9H,10-11,20H2,1H3,(H,22,23);4-6H,1-3H2,(H2,11,12);1H. The van der Waals surface area contributed by atoms with Gasteiger partial charge < -0.3 is 16.6 Å². The van der Waals surface area contributed by atoms with Crippen LogP contribution in [-0.4, -0.2) is 29.4 Å². The molecule has 0 bridgehead atoms. The Bertz CT molecular complexity index is 1480. The molecule has 9 heteroatoms. The highest BCUT2D eigenvalue weighted by Crippen LogP contribution is 2.38. The van der Waals surface area contributed by atoms with Crippen molar-refractivity contribution < 1.29 is 19.5 Å². The quantitative estimate of drug-likeness (QED) is 0.307. The third-order valence-electron chi connectivity index (χ3n) is 6.39. The molecule has 38 heavy (non-hydrogen) atoms. The van der Waals surface area contributed by atoms with Crippen molar-refractivity contribution in [3.8, 4) is 0 Å². The maximum atomic E-state index is 13.0. The number of thiophene rings is 1. The summed E-state index contributed by atoms with van der Waals surface area (Å²) < 4.78 is 1.02. The molecule has 7 nitrogen and oxygen atoms in total. The number of primary amides is 1. The Morgan fingerprint density at radius 2 is 1.68 bits per heavy atom. The van der Waals surface area contributed by atoms with Crippen LogP contribution < -0.4 is 16.4 Å². The molecule has 0 atom stereocenters. The van der Waals surface area contributed by atoms with Crippen LogP contribution in [0.1, 0.15) is 49.4 Å². The normalized spacial score (nSPS) is 11.6. The average molecular weight is 552 g/mol. The van der Waals surface area contributed by atoms with Crippen LogP contribution in [0.2, 0.25) is 0 Å². The number of amides is 2. The maximum absolute atomic E-state index is 13.0. The van der Waals surface area contributed by atoms with E-state index in [4.69, 9.17) is 11.5 Å². The number of benzene rings is 3. The molecular formula is C29H30ClN3O4S. The van der Waals surface area contributed by atoms with Crippen molar-refractivity contribution in [2.45, 2.75) is 32.7 Å². The summed E-state index contributed by atoms with van der Waals surface area (Å²) in [7, 11) is 0. The van der Waals surface area contributed by atoms with E-state index in [9.17, 15) is 19.5 Å². The summed E-state index contributed by atoms with van der Waals surface area (Å²) >= 11 is 1.42. The van der Waals surface area contributed by atoms with Gasteiger partial charge in [0.1, 0.15) is 11.5 Å². The van der Waals surface area contributed by atoms with E-state index >= 15 is 0 Å². The Morgan fingerprint density at radius 1 is 0.947 bits per heavy atom. The first-order valence-corrected chi connectivity index (χ1v) is 12.8. The fraction of sp³-hybridized carbons (Fsp3) is 0.207. The fourth-order valence-electron chi connectivity index (χ4n) is 4.50. The Balaban J connectivity index is 0.000000258. The van der Waals surface area contributed by atoms with Crippen molar-refractivity contribution in [1.82, 2.24) is 0 Å². The number of carboxylic acids is 1. The molecule has 0 radical (unpaired) electrons. The number of nitrogens with two attached hydrogens (primary N) is 2. The van der Waals surface area contributed by atoms with Crippen molar-refractivity contribution in [3.05, 3.63) is 100 Å². The van der Waals surface area contributed by atoms with Gasteiger partial charge in [0.05, 0.1) is 0 Å². The molecule has 1 heterocycles. The van der Waals surface area contributed by atoms with Crippen LogP contribution in [-0.2, 0) is 24.2 Å². The summed E-state index contributed by atoms with van der Waals surface area (Å²) in [5.41, 5.74) is 16.3. The summed E-state index contributed by atoms with van der Waals surface area (Å²) in [6, 6.07) is 20.5. The van der Waals surface area contributed by atoms with Gasteiger partial charge in [-0.1, -0.05) is 36.4 Å². The molecule has 4 aromatic rings. The lowest BCUT2D eigenvalue weighted by Crippen LogP contribution is -2.35. The van der Waals surface area contributed by atoms with Crippen molar-refractivity contribution in [2.75, 3.05) is 11.4 Å². The Hall–Kier alpha value is -3.72. The number of carboxylic acid groups (broad SMARTS) is 1. The summed E-state index contributed by atoms with van der Waals surface area (Å²) in [5.74, 6) is -1.72. The molecule has 1 aliphatic carbocycles. The predicted molar refractivity (Wildman–Crippen MR) is 154 cm³/mol. The lowest BCUT2D eigenvalue weighted by molar-refractivity contribution is -0.135. The van der Waals surface area contributed by atoms with E-state index in [0.29, 0.717) is 22.7 Å². The molecule has 0 aliphatic heterocycles. The first-order valence-electron chi connectivity index (χ1n) is 12.0. The van der Waals surface area contributed by atoms with Gasteiger partial charge in [0.25, 0.3) is 5.91 Å². The van der Waals surface area contributed by atoms with E-state index < -0.39 is 5.97 Å². The molecule has 0 saturated carbocycles. The van der Waals surface area contributed by atoms with Crippen LogP contribution in [0.15, 0.2) is 66.7 Å². The van der Waals surface area contributed by atoms with E-state index in [1.807, 2.05) is 55.5 Å². The number of anilines is 1. The smallest absolute Gasteiger partial charge is 0.323 e. The molecule has 3 aromatic carbocycles. The third kappa shape index (κ3) is 6.39. The Kier molecular flexibility index (Phi) is 9.63. The highest BCUT2D eigenvalue weighted by Gasteiger charge is 2.24. The number of aliphatic carboxylic acids is 1. The van der Waals surface area contributed by atoms with Gasteiger partial charge in [-0.25, -0.2) is 0 Å². The second kappa shape index (κ2) is 12.7. The average Bonchev–Trinajstić information content (AvgIpc) is 3.51. The number of hydrogen-bond donors (Lipinski definition) is 3. The SMILES string of the molecule is Cc1c(N(CC(=O)O)C(=O)c2cccc(CN)c2)sc2ccccc12.Cl.NC(=O)c1ccc2c(c1)CCC2. The molecule has 5 N–H and O–H groups in total. The van der Waals surface area contributed by atoms with Gasteiger partial charge in [-0.15, -0.1) is 23.7 Å². The summed E-state index contributed by atoms with van der Waals surface area (Å²) in [6.07, 6.45) is 3.45. The second-order valence-electron chi connectivity index (χ2n) is 8.92. The lowest BCUT2D eigenvalue weighted by Gasteiger charge is -2.20. The first kappa shape index (κ1) is 28.8. The minimum atomic E-state index is -1.06. The summed E-state index contributed by atoms with van der Waals surface area (Å²) in [6.45, 7) is 1.84. The lowest BCUT2D eigenvalue weighted by atomic mass is 10.1. The maximum Gasteiger partial charge on any atom is 0.323 e. The van der Waals surface area contributed by atoms with Crippen molar-refractivity contribution in [3.63, 3.8) is 0 Å². The van der Waals surface area contributed by atoms with Crippen molar-refractivity contribution in [1.29, 1.82) is 0 Å². The Labute approximate surface area is 231 Å². The van der Waals surface area contributed by atoms with Crippen molar-refractivity contribution in [2.24, 2.45) is 11.5 Å². The van der Waals surface area contributed by atoms with Gasteiger partial charge in [0, 0.05) is 22.4 Å². The zero-order valence-corrected chi connectivity index (χ0v) is 22.6. The zero-order chi connectivity index (χ0) is 26.5. The third-order valence-corrected chi connectivity index (χ3v) is 7.69. The number of rotatable bonds is 6. The highest BCUT2D eigenvalue weighted by atomic mass is 35.5. The highest BCUT2D eigenvalue weighted by molar-refractivity contribution is 7.23. The van der Waals surface area contributed by atoms with Crippen molar-refractivity contribution >= 4 is 56.6 Å². The van der Waals surface area contributed by atoms with Gasteiger partial charge in [-0.05, 0) is 84.2 Å². The molecule has 198 valence electrons. The van der Waals surface area contributed by atoms with E-state index in [1.165, 1.54) is 33.8 Å². The van der Waals surface area contributed by atoms with E-state index in [1.54, 1.807) is 18.2 Å². The number of hydrogen-bond acceptors (Lipinski definition) is 5. The predicted octanol–water partition coefficient (Wildman–Crippen LogP) is 5.10. The van der Waals surface area contributed by atoms with Crippen LogP contribution in [0.5, 0.6) is 0 Å². The number of carbonyl (C=O) groups excluding carboxylic acids is 2. The van der Waals surface area contributed by atoms with Crippen LogP contribution in [0, 0.1) is 6.92 Å². The second-order valence-corrected chi connectivity index (χ2v) is 9.95. The van der Waals surface area contributed by atoms with Gasteiger partial charge in [0.15, 0.2) is 0 Å². The summed E-state index contributed by atoms with van der Waals surface area (Å²) in [5, 5.41) is 11.0. The zero-order valence-electron chi connectivity index (χ0n) is 21.0. The number of nitrogens with zero attached hydrogens (tertiary/aromatic N) is 1. The molecule has 2 amide bonds. The number of fused-ring (bicyclic) bond motifs is 2. The molecule has 1 aromatic heterocycles. The topological polar surface area (TPSA) is 127 Å². The molecule has 0 unspecified atom stereocenters. The van der Waals surface area contributed by atoms with Crippen LogP contribution >= 0.6 is 23.7 Å². The van der Waals surface area contributed by atoms with Crippen LogP contribution in [0.4, 0.5) is 5.00 Å². The number of carbonyl (C=O) groups is 3. The largest absolute Gasteiger partial charge is 0.480 e. The molecule has 0 fully saturated rings. The van der Waals surface area contributed by atoms with Crippen LogP contribution in [0.3, 0.4) is 0 Å². The summed E-state index contributed by atoms with van der Waals surface area (Å²) in [4.78, 5) is 36.5. The van der Waals surface area contributed by atoms with Crippen LogP contribution in [0.25, 0.3) is 10.1 Å². The molecule has 0 spiro atoms. The van der Waals surface area contributed by atoms with Gasteiger partial charge in [-0.3, -0.25) is 19.3 Å². The number of aryl methyl sites for hydroxylation is 3. The monoisotopic (exact) mass is 551 g/mol. The molecule has 0 saturated heterocycles. The molecule has 5 rings (SSSR count). The number of halogens is 1. The molecular weight excluding hydrogens is 522 g/mol. The van der Waals surface area contributed by atoms with Gasteiger partial charge in [0.2, 0.25) is 5.91 Å². The Morgan fingerprint density at radius 3 is 2.37 bits per heavy atom. The minimum Gasteiger partial charge on any atom is -0.480 e. The van der Waals surface area contributed by atoms with E-state index in [0.717, 1.165) is 34.1 Å². The first-order chi connectivity index (χ1) is 17.8. The molecule has 1 aliphatic rings. The fourth-order valence-corrected chi connectivity index (χ4v) is 5.71. The van der Waals surface area contributed by atoms with E-state index in [2.05, 4.69) is 0 Å². The minimum absolute atomic E-state index is 0. The van der Waals surface area contributed by atoms with Gasteiger partial charge in [-0.2, -0.15) is 0 Å².